The first-order valence-corrected chi connectivity index (χ1v) is 8.06. The van der Waals surface area contributed by atoms with E-state index in [4.69, 9.17) is 4.74 Å². The van der Waals surface area contributed by atoms with Gasteiger partial charge in [-0.2, -0.15) is 0 Å². The van der Waals surface area contributed by atoms with Crippen molar-refractivity contribution in [3.05, 3.63) is 33.8 Å². The Hall–Kier alpha value is -0.380. The van der Waals surface area contributed by atoms with E-state index in [9.17, 15) is 0 Å². The molecule has 1 aromatic rings. The zero-order valence-electron chi connectivity index (χ0n) is 11.9. The molecular weight excluding hydrogens is 302 g/mol. The molecule has 1 aliphatic rings. The van der Waals surface area contributed by atoms with Crippen molar-refractivity contribution in [3.63, 3.8) is 0 Å². The molecule has 1 N–H and O–H groups in total. The molecule has 1 aliphatic heterocycles. The van der Waals surface area contributed by atoms with Gasteiger partial charge in [0.25, 0.3) is 0 Å². The van der Waals surface area contributed by atoms with Gasteiger partial charge in [-0.1, -0.05) is 28.9 Å². The fourth-order valence-electron chi connectivity index (χ4n) is 2.86. The van der Waals surface area contributed by atoms with Crippen LogP contribution in [0.15, 0.2) is 22.7 Å². The van der Waals surface area contributed by atoms with Gasteiger partial charge in [-0.25, -0.2) is 0 Å². The molecule has 0 saturated carbocycles. The topological polar surface area (TPSA) is 21.3 Å². The number of halogens is 1. The highest BCUT2D eigenvalue weighted by molar-refractivity contribution is 9.10. The van der Waals surface area contributed by atoms with Gasteiger partial charge >= 0.3 is 0 Å². The van der Waals surface area contributed by atoms with Gasteiger partial charge < -0.3 is 10.1 Å². The molecule has 1 heterocycles. The first-order chi connectivity index (χ1) is 9.19. The van der Waals surface area contributed by atoms with Crippen molar-refractivity contribution in [1.82, 2.24) is 5.32 Å². The highest BCUT2D eigenvalue weighted by Crippen LogP contribution is 2.29. The van der Waals surface area contributed by atoms with Crippen LogP contribution in [-0.2, 0) is 4.74 Å². The Labute approximate surface area is 125 Å². The minimum Gasteiger partial charge on any atom is -0.381 e. The van der Waals surface area contributed by atoms with Gasteiger partial charge in [-0.05, 0) is 61.9 Å². The van der Waals surface area contributed by atoms with Crippen LogP contribution in [0.3, 0.4) is 0 Å². The molecule has 2 rings (SSSR count). The molecule has 1 unspecified atom stereocenters. The molecule has 0 aromatic heterocycles. The molecule has 3 heteroatoms. The van der Waals surface area contributed by atoms with Crippen LogP contribution in [0.4, 0.5) is 0 Å². The Bertz CT molecular complexity index is 381. The summed E-state index contributed by atoms with van der Waals surface area (Å²) in [7, 11) is 0. The minimum absolute atomic E-state index is 0.462. The largest absolute Gasteiger partial charge is 0.381 e. The number of hydrogen-bond acceptors (Lipinski definition) is 2. The second-order valence-corrected chi connectivity index (χ2v) is 6.38. The van der Waals surface area contributed by atoms with E-state index in [2.05, 4.69) is 53.3 Å². The van der Waals surface area contributed by atoms with Gasteiger partial charge in [0.15, 0.2) is 0 Å². The maximum absolute atomic E-state index is 5.46. The van der Waals surface area contributed by atoms with Crippen molar-refractivity contribution in [2.75, 3.05) is 19.8 Å². The third-order valence-electron chi connectivity index (χ3n) is 3.83. The summed E-state index contributed by atoms with van der Waals surface area (Å²) >= 11 is 3.61. The van der Waals surface area contributed by atoms with Crippen molar-refractivity contribution in [1.29, 1.82) is 0 Å². The molecule has 1 aromatic carbocycles. The molecular formula is C16H24BrNO. The summed E-state index contributed by atoms with van der Waals surface area (Å²) in [6.07, 6.45) is 3.62. The summed E-state index contributed by atoms with van der Waals surface area (Å²) < 4.78 is 6.64. The molecule has 1 fully saturated rings. The molecule has 0 radical (unpaired) electrons. The quantitative estimate of drug-likeness (QED) is 0.874. The van der Waals surface area contributed by atoms with Crippen LogP contribution in [0.2, 0.25) is 0 Å². The first-order valence-electron chi connectivity index (χ1n) is 7.27. The number of hydrogen-bond donors (Lipinski definition) is 1. The van der Waals surface area contributed by atoms with Crippen molar-refractivity contribution >= 4 is 15.9 Å². The molecule has 0 bridgehead atoms. The number of benzene rings is 1. The van der Waals surface area contributed by atoms with Crippen LogP contribution in [0.25, 0.3) is 0 Å². The van der Waals surface area contributed by atoms with Gasteiger partial charge in [-0.3, -0.25) is 0 Å². The van der Waals surface area contributed by atoms with Crippen LogP contribution >= 0.6 is 15.9 Å². The lowest BCUT2D eigenvalue weighted by atomic mass is 9.89. The van der Waals surface area contributed by atoms with Crippen LogP contribution in [-0.4, -0.2) is 19.8 Å². The van der Waals surface area contributed by atoms with E-state index in [1.54, 1.807) is 0 Å². The Morgan fingerprint density at radius 3 is 2.68 bits per heavy atom. The van der Waals surface area contributed by atoms with Gasteiger partial charge in [0.2, 0.25) is 0 Å². The zero-order chi connectivity index (χ0) is 13.7. The smallest absolute Gasteiger partial charge is 0.0468 e. The van der Waals surface area contributed by atoms with E-state index in [0.29, 0.717) is 6.04 Å². The number of nitrogens with one attached hydrogen (secondary N) is 1. The van der Waals surface area contributed by atoms with Crippen LogP contribution in [0.5, 0.6) is 0 Å². The van der Waals surface area contributed by atoms with E-state index in [-0.39, 0.29) is 0 Å². The Morgan fingerprint density at radius 1 is 1.32 bits per heavy atom. The van der Waals surface area contributed by atoms with Crippen molar-refractivity contribution in [3.8, 4) is 0 Å². The van der Waals surface area contributed by atoms with Crippen LogP contribution in [0.1, 0.15) is 43.4 Å². The maximum Gasteiger partial charge on any atom is 0.0468 e. The summed E-state index contributed by atoms with van der Waals surface area (Å²) in [6.45, 7) is 7.22. The minimum atomic E-state index is 0.462. The maximum atomic E-state index is 5.46. The van der Waals surface area contributed by atoms with E-state index in [1.165, 1.54) is 34.9 Å². The molecule has 1 saturated heterocycles. The van der Waals surface area contributed by atoms with Gasteiger partial charge in [0.1, 0.15) is 0 Å². The third-order valence-corrected chi connectivity index (χ3v) is 4.29. The highest BCUT2D eigenvalue weighted by Gasteiger charge is 2.20. The summed E-state index contributed by atoms with van der Waals surface area (Å²) in [5.41, 5.74) is 2.72. The summed E-state index contributed by atoms with van der Waals surface area (Å²) in [6, 6.07) is 7.18. The second kappa shape index (κ2) is 7.41. The SMILES string of the molecule is CCNC(CC1CCOCC1)c1cc(C)cc(Br)c1. The van der Waals surface area contributed by atoms with Crippen molar-refractivity contribution in [2.45, 2.75) is 39.2 Å². The summed E-state index contributed by atoms with van der Waals surface area (Å²) in [4.78, 5) is 0. The molecule has 0 aliphatic carbocycles. The Morgan fingerprint density at radius 2 is 2.05 bits per heavy atom. The lowest BCUT2D eigenvalue weighted by molar-refractivity contribution is 0.0606. The fourth-order valence-corrected chi connectivity index (χ4v) is 3.49. The summed E-state index contributed by atoms with van der Waals surface area (Å²) in [5, 5.41) is 3.64. The van der Waals surface area contributed by atoms with Gasteiger partial charge in [0, 0.05) is 23.7 Å². The second-order valence-electron chi connectivity index (χ2n) is 5.46. The Balaban J connectivity index is 2.09. The van der Waals surface area contributed by atoms with Gasteiger partial charge in [0.05, 0.1) is 0 Å². The lowest BCUT2D eigenvalue weighted by Crippen LogP contribution is -2.26. The predicted octanol–water partition coefficient (Wildman–Crippen LogP) is 4.22. The zero-order valence-corrected chi connectivity index (χ0v) is 13.5. The molecule has 0 amide bonds. The number of ether oxygens (including phenoxy) is 1. The van der Waals surface area contributed by atoms with Crippen LogP contribution in [0, 0.1) is 12.8 Å². The van der Waals surface area contributed by atoms with Crippen LogP contribution < -0.4 is 5.32 Å². The highest BCUT2D eigenvalue weighted by atomic mass is 79.9. The molecule has 19 heavy (non-hydrogen) atoms. The lowest BCUT2D eigenvalue weighted by Gasteiger charge is -2.27. The first kappa shape index (κ1) is 15.0. The number of aryl methyl sites for hydroxylation is 1. The molecule has 1 atom stereocenters. The van der Waals surface area contributed by atoms with E-state index < -0.39 is 0 Å². The molecule has 0 spiro atoms. The normalized spacial score (nSPS) is 18.5. The van der Waals surface area contributed by atoms with Gasteiger partial charge in [-0.15, -0.1) is 0 Å². The van der Waals surface area contributed by atoms with Crippen molar-refractivity contribution < 1.29 is 4.74 Å². The summed E-state index contributed by atoms with van der Waals surface area (Å²) in [5.74, 6) is 0.789. The van der Waals surface area contributed by atoms with E-state index >= 15 is 0 Å². The molecule has 106 valence electrons. The third kappa shape index (κ3) is 4.59. The Kier molecular flexibility index (Phi) is 5.86. The molecule has 2 nitrogen and oxygen atoms in total. The predicted molar refractivity (Wildman–Crippen MR) is 83.5 cm³/mol. The van der Waals surface area contributed by atoms with E-state index in [0.717, 1.165) is 25.7 Å². The average molecular weight is 326 g/mol. The standard InChI is InChI=1S/C16H24BrNO/c1-3-18-16(10-13-4-6-19-7-5-13)14-8-12(2)9-15(17)11-14/h8-9,11,13,16,18H,3-7,10H2,1-2H3. The van der Waals surface area contributed by atoms with E-state index in [1.807, 2.05) is 0 Å². The monoisotopic (exact) mass is 325 g/mol. The average Bonchev–Trinajstić information content (AvgIpc) is 2.38. The fraction of sp³-hybridized carbons (Fsp3) is 0.625. The van der Waals surface area contributed by atoms with Crippen molar-refractivity contribution in [2.24, 2.45) is 5.92 Å². The number of rotatable bonds is 5.